The zero-order valence-corrected chi connectivity index (χ0v) is 13.1. The normalized spacial score (nSPS) is 11.0. The van der Waals surface area contributed by atoms with E-state index in [2.05, 4.69) is 10.3 Å². The molecule has 0 bridgehead atoms. The molecule has 2 aromatic rings. The van der Waals surface area contributed by atoms with E-state index in [0.717, 1.165) is 0 Å². The zero-order chi connectivity index (χ0) is 15.8. The largest absolute Gasteiger partial charge is 0.698 e. The van der Waals surface area contributed by atoms with Crippen LogP contribution < -0.4 is 0 Å². The van der Waals surface area contributed by atoms with E-state index in [1.54, 1.807) is 26.4 Å². The number of aromatic nitrogens is 2. The highest BCUT2D eigenvalue weighted by molar-refractivity contribution is 7.33. The topological polar surface area (TPSA) is 106 Å². The highest BCUT2D eigenvalue weighted by atomic mass is 31.1. The number of nitrogens with zero attached hydrogens (tertiary/aromatic N) is 2. The Kier molecular flexibility index (Phi) is 6.63. The summed E-state index contributed by atoms with van der Waals surface area (Å²) in [5.41, 5.74) is 1.26. The Balaban J connectivity index is 1.70. The molecule has 0 aliphatic rings. The summed E-state index contributed by atoms with van der Waals surface area (Å²) in [4.78, 5) is 0. The highest BCUT2D eigenvalue weighted by Crippen LogP contribution is 2.27. The monoisotopic (exact) mass is 331 g/mol. The van der Waals surface area contributed by atoms with E-state index >= 15 is 0 Å². The molecule has 2 rings (SSSR count). The van der Waals surface area contributed by atoms with Crippen LogP contribution in [0.25, 0.3) is 0 Å². The van der Waals surface area contributed by atoms with Crippen molar-refractivity contribution < 1.29 is 32.1 Å². The minimum atomic E-state index is -2.31. The molecule has 0 atom stereocenters. The number of methoxy groups -OCH3 is 2. The molecular formula is C12H16N2O7P+. The van der Waals surface area contributed by atoms with Gasteiger partial charge in [-0.1, -0.05) is 10.3 Å². The van der Waals surface area contributed by atoms with E-state index in [1.807, 2.05) is 0 Å². The third-order valence-electron chi connectivity index (χ3n) is 2.42. The van der Waals surface area contributed by atoms with E-state index in [9.17, 15) is 4.57 Å². The summed E-state index contributed by atoms with van der Waals surface area (Å²) >= 11 is 0. The SMILES string of the molecule is COCc1cc(CO[P+](=O)OCc2cc(COC)no2)on1. The minimum Gasteiger partial charge on any atom is -0.378 e. The molecule has 0 radical (unpaired) electrons. The first-order chi connectivity index (χ1) is 10.7. The molecule has 0 spiro atoms. The molecule has 0 fully saturated rings. The van der Waals surface area contributed by atoms with Crippen molar-refractivity contribution in [3.05, 3.63) is 35.0 Å². The van der Waals surface area contributed by atoms with Crippen LogP contribution in [-0.4, -0.2) is 24.5 Å². The molecule has 0 aliphatic heterocycles. The van der Waals surface area contributed by atoms with Gasteiger partial charge < -0.3 is 18.5 Å². The van der Waals surface area contributed by atoms with Crippen molar-refractivity contribution in [2.24, 2.45) is 0 Å². The zero-order valence-electron chi connectivity index (χ0n) is 12.2. The van der Waals surface area contributed by atoms with Gasteiger partial charge in [-0.15, -0.1) is 9.05 Å². The summed E-state index contributed by atoms with van der Waals surface area (Å²) in [5.74, 6) is 0.863. The molecule has 0 saturated carbocycles. The van der Waals surface area contributed by atoms with Crippen LogP contribution in [0.4, 0.5) is 0 Å². The lowest BCUT2D eigenvalue weighted by Crippen LogP contribution is -1.88. The van der Waals surface area contributed by atoms with Crippen LogP contribution in [0.1, 0.15) is 22.9 Å². The van der Waals surface area contributed by atoms with Crippen LogP contribution in [-0.2, 0) is 49.5 Å². The Morgan fingerprint density at radius 3 is 1.77 bits per heavy atom. The van der Waals surface area contributed by atoms with Crippen molar-refractivity contribution in [1.82, 2.24) is 10.3 Å². The Morgan fingerprint density at radius 2 is 1.36 bits per heavy atom. The summed E-state index contributed by atoms with van der Waals surface area (Å²) in [6.45, 7) is 0.636. The number of rotatable bonds is 10. The maximum Gasteiger partial charge on any atom is 0.698 e. The second-order valence-electron chi connectivity index (χ2n) is 4.21. The molecule has 0 aliphatic carbocycles. The molecule has 22 heavy (non-hydrogen) atoms. The molecule has 2 heterocycles. The molecule has 10 heteroatoms. The number of hydrogen-bond donors (Lipinski definition) is 0. The van der Waals surface area contributed by atoms with Crippen LogP contribution in [0.3, 0.4) is 0 Å². The van der Waals surface area contributed by atoms with E-state index in [0.29, 0.717) is 36.1 Å². The summed E-state index contributed by atoms with van der Waals surface area (Å²) in [5, 5.41) is 7.49. The Hall–Kier alpha value is -1.64. The maximum atomic E-state index is 11.6. The lowest BCUT2D eigenvalue weighted by molar-refractivity contribution is 0.170. The average Bonchev–Trinajstić information content (AvgIpc) is 3.13. The van der Waals surface area contributed by atoms with Crippen LogP contribution in [0.5, 0.6) is 0 Å². The predicted octanol–water partition coefficient (Wildman–Crippen LogP) is 2.35. The molecule has 9 nitrogen and oxygen atoms in total. The molecule has 0 N–H and O–H groups in total. The Morgan fingerprint density at radius 1 is 0.909 bits per heavy atom. The molecule has 0 amide bonds. The van der Waals surface area contributed by atoms with Gasteiger partial charge in [0.1, 0.15) is 11.4 Å². The Bertz CT molecular complexity index is 548. The fraction of sp³-hybridized carbons (Fsp3) is 0.500. The lowest BCUT2D eigenvalue weighted by atomic mass is 10.4. The van der Waals surface area contributed by atoms with E-state index in [4.69, 9.17) is 27.6 Å². The molecule has 0 aromatic carbocycles. The van der Waals surface area contributed by atoms with E-state index < -0.39 is 8.25 Å². The Labute approximate surface area is 127 Å². The summed E-state index contributed by atoms with van der Waals surface area (Å²) < 4.78 is 41.4. The van der Waals surface area contributed by atoms with Gasteiger partial charge in [-0.2, -0.15) is 0 Å². The average molecular weight is 331 g/mol. The lowest BCUT2D eigenvalue weighted by Gasteiger charge is -1.88. The third-order valence-corrected chi connectivity index (χ3v) is 3.10. The smallest absolute Gasteiger partial charge is 0.378 e. The fourth-order valence-corrected chi connectivity index (χ4v) is 2.09. The van der Waals surface area contributed by atoms with Crippen LogP contribution in [0.15, 0.2) is 21.2 Å². The van der Waals surface area contributed by atoms with E-state index in [-0.39, 0.29) is 13.2 Å². The van der Waals surface area contributed by atoms with Crippen molar-refractivity contribution in [3.8, 4) is 0 Å². The van der Waals surface area contributed by atoms with Gasteiger partial charge in [0, 0.05) is 30.9 Å². The van der Waals surface area contributed by atoms with Crippen LogP contribution in [0, 0.1) is 0 Å². The van der Waals surface area contributed by atoms with Gasteiger partial charge >= 0.3 is 8.25 Å². The summed E-state index contributed by atoms with van der Waals surface area (Å²) in [7, 11) is 0.792. The first kappa shape index (κ1) is 16.7. The summed E-state index contributed by atoms with van der Waals surface area (Å²) in [6.07, 6.45) is 0. The second kappa shape index (κ2) is 8.72. The fourth-order valence-electron chi connectivity index (χ4n) is 1.55. The van der Waals surface area contributed by atoms with E-state index in [1.165, 1.54) is 0 Å². The molecular weight excluding hydrogens is 315 g/mol. The molecule has 0 saturated heterocycles. The van der Waals surface area contributed by atoms with Gasteiger partial charge in [-0.25, -0.2) is 0 Å². The highest BCUT2D eigenvalue weighted by Gasteiger charge is 2.23. The van der Waals surface area contributed by atoms with Crippen molar-refractivity contribution in [2.45, 2.75) is 26.4 Å². The standard InChI is InChI=1S/C12H16N2O7P/c1-16-5-9-3-11(20-13-9)7-18-22(15)19-8-12-4-10(6-17-2)14-21-12/h3-4H,5-8H2,1-2H3/q+1. The van der Waals surface area contributed by atoms with Crippen molar-refractivity contribution in [3.63, 3.8) is 0 Å². The number of hydrogen-bond acceptors (Lipinski definition) is 9. The number of ether oxygens (including phenoxy) is 2. The molecule has 2 aromatic heterocycles. The predicted molar refractivity (Wildman–Crippen MR) is 71.6 cm³/mol. The maximum absolute atomic E-state index is 11.6. The van der Waals surface area contributed by atoms with Gasteiger partial charge in [0.05, 0.1) is 13.2 Å². The van der Waals surface area contributed by atoms with Crippen LogP contribution in [0.2, 0.25) is 0 Å². The molecule has 0 unspecified atom stereocenters. The molecule has 120 valence electrons. The second-order valence-corrected chi connectivity index (χ2v) is 5.17. The minimum absolute atomic E-state index is 0.0166. The first-order valence-corrected chi connectivity index (χ1v) is 7.40. The van der Waals surface area contributed by atoms with Gasteiger partial charge in [0.15, 0.2) is 24.7 Å². The van der Waals surface area contributed by atoms with Gasteiger partial charge in [-0.05, 0) is 0 Å². The van der Waals surface area contributed by atoms with Gasteiger partial charge in [0.2, 0.25) is 0 Å². The quantitative estimate of drug-likeness (QED) is 0.606. The van der Waals surface area contributed by atoms with Crippen LogP contribution >= 0.6 is 8.25 Å². The van der Waals surface area contributed by atoms with Crippen molar-refractivity contribution in [1.29, 1.82) is 0 Å². The first-order valence-electron chi connectivity index (χ1n) is 6.31. The van der Waals surface area contributed by atoms with Crippen molar-refractivity contribution >= 4 is 8.25 Å². The van der Waals surface area contributed by atoms with Gasteiger partial charge in [0.25, 0.3) is 0 Å². The van der Waals surface area contributed by atoms with Gasteiger partial charge in [-0.3, -0.25) is 0 Å². The van der Waals surface area contributed by atoms with Crippen molar-refractivity contribution in [2.75, 3.05) is 14.2 Å². The summed E-state index contributed by atoms with van der Waals surface area (Å²) in [6, 6.07) is 3.31. The third kappa shape index (κ3) is 5.28.